The van der Waals surface area contributed by atoms with E-state index < -0.39 is 0 Å². The van der Waals surface area contributed by atoms with Gasteiger partial charge >= 0.3 is 0 Å². The van der Waals surface area contributed by atoms with E-state index in [0.29, 0.717) is 12.4 Å². The number of rotatable bonds is 3. The van der Waals surface area contributed by atoms with Crippen molar-refractivity contribution in [3.63, 3.8) is 0 Å². The minimum Gasteiger partial charge on any atom is -0.390 e. The maximum atomic E-state index is 5.42. The summed E-state index contributed by atoms with van der Waals surface area (Å²) in [5, 5.41) is 3.23. The molecule has 2 N–H and O–H groups in total. The van der Waals surface area contributed by atoms with E-state index in [1.165, 1.54) is 0 Å². The summed E-state index contributed by atoms with van der Waals surface area (Å²) in [5.41, 5.74) is 6.17. The Balaban J connectivity index is 2.63. The smallest absolute Gasteiger partial charge is 0.159 e. The average molecular weight is 151 g/mol. The fourth-order valence-corrected chi connectivity index (χ4v) is 0.690. The van der Waals surface area contributed by atoms with Gasteiger partial charge in [-0.05, 0) is 12.1 Å². The van der Waals surface area contributed by atoms with Crippen molar-refractivity contribution in [2.24, 2.45) is 5.16 Å². The van der Waals surface area contributed by atoms with Crippen molar-refractivity contribution in [2.45, 2.75) is 6.61 Å². The first-order valence-electron chi connectivity index (χ1n) is 3.12. The number of hydrogen-bond acceptors (Lipinski definition) is 4. The van der Waals surface area contributed by atoms with Crippen LogP contribution in [0.15, 0.2) is 23.4 Å². The van der Waals surface area contributed by atoms with Gasteiger partial charge in [0.25, 0.3) is 0 Å². The lowest BCUT2D eigenvalue weighted by Gasteiger charge is -1.98. The fourth-order valence-electron chi connectivity index (χ4n) is 0.690. The maximum absolute atomic E-state index is 5.42. The topological polar surface area (TPSA) is 60.5 Å². The minimum atomic E-state index is 0.314. The monoisotopic (exact) mass is 151 g/mol. The lowest BCUT2D eigenvalue weighted by molar-refractivity contribution is 0.130. The van der Waals surface area contributed by atoms with Gasteiger partial charge in [0.05, 0.1) is 5.69 Å². The van der Waals surface area contributed by atoms with E-state index >= 15 is 0 Å². The summed E-state index contributed by atoms with van der Waals surface area (Å²) in [6, 6.07) is 5.33. The molecule has 0 radical (unpaired) electrons. The zero-order chi connectivity index (χ0) is 8.10. The molecule has 4 nitrogen and oxygen atoms in total. The maximum Gasteiger partial charge on any atom is 0.159 e. The lowest BCUT2D eigenvalue weighted by Crippen LogP contribution is -1.95. The Bertz CT molecular complexity index is 249. The number of pyridine rings is 1. The van der Waals surface area contributed by atoms with Crippen molar-refractivity contribution in [3.05, 3.63) is 23.9 Å². The number of anilines is 1. The molecule has 0 spiro atoms. The van der Waals surface area contributed by atoms with Gasteiger partial charge in [-0.3, -0.25) is 0 Å². The molecule has 0 saturated carbocycles. The highest BCUT2D eigenvalue weighted by Crippen LogP contribution is 2.01. The Morgan fingerprint density at radius 1 is 1.64 bits per heavy atom. The largest absolute Gasteiger partial charge is 0.390 e. The summed E-state index contributed by atoms with van der Waals surface area (Å²) >= 11 is 0. The van der Waals surface area contributed by atoms with E-state index in [9.17, 15) is 0 Å². The molecule has 4 heteroatoms. The molecule has 0 unspecified atom stereocenters. The van der Waals surface area contributed by atoms with Crippen LogP contribution in [0.5, 0.6) is 0 Å². The average Bonchev–Trinajstić information content (AvgIpc) is 2.01. The van der Waals surface area contributed by atoms with Gasteiger partial charge in [-0.25, -0.2) is 4.98 Å². The van der Waals surface area contributed by atoms with Crippen LogP contribution in [0.2, 0.25) is 0 Å². The zero-order valence-corrected chi connectivity index (χ0v) is 6.03. The van der Waals surface area contributed by atoms with Crippen LogP contribution < -0.4 is 5.73 Å². The van der Waals surface area contributed by atoms with Gasteiger partial charge < -0.3 is 10.6 Å². The van der Waals surface area contributed by atoms with Crippen molar-refractivity contribution in [1.29, 1.82) is 0 Å². The van der Waals surface area contributed by atoms with Gasteiger partial charge in [-0.15, -0.1) is 5.16 Å². The third-order valence-electron chi connectivity index (χ3n) is 1.13. The summed E-state index contributed by atoms with van der Waals surface area (Å²) in [6.45, 7) is 3.48. The number of nitrogen functional groups attached to an aromatic ring is 1. The van der Waals surface area contributed by atoms with E-state index in [-0.39, 0.29) is 0 Å². The normalized spacial score (nSPS) is 9.09. The first kappa shape index (κ1) is 7.53. The second kappa shape index (κ2) is 3.55. The third kappa shape index (κ3) is 2.25. The van der Waals surface area contributed by atoms with Gasteiger partial charge in [0.15, 0.2) is 6.61 Å². The second-order valence-electron chi connectivity index (χ2n) is 1.96. The number of hydrogen-bond donors (Lipinski definition) is 1. The predicted octanol–water partition coefficient (Wildman–Crippen LogP) is 0.796. The van der Waals surface area contributed by atoms with E-state index in [4.69, 9.17) is 5.73 Å². The lowest BCUT2D eigenvalue weighted by atomic mass is 10.3. The Labute approximate surface area is 64.7 Å². The molecule has 58 valence electrons. The van der Waals surface area contributed by atoms with E-state index in [1.54, 1.807) is 6.07 Å². The van der Waals surface area contributed by atoms with Crippen molar-refractivity contribution in [1.82, 2.24) is 4.98 Å². The zero-order valence-electron chi connectivity index (χ0n) is 6.03. The molecule has 1 heterocycles. The van der Waals surface area contributed by atoms with Crippen LogP contribution in [0.1, 0.15) is 5.69 Å². The van der Waals surface area contributed by atoms with Crippen LogP contribution in [0.25, 0.3) is 0 Å². The van der Waals surface area contributed by atoms with Crippen LogP contribution in [0.4, 0.5) is 5.82 Å². The summed E-state index contributed by atoms with van der Waals surface area (Å²) in [6.07, 6.45) is 0. The molecule has 0 saturated heterocycles. The Morgan fingerprint density at radius 2 is 2.45 bits per heavy atom. The second-order valence-corrected chi connectivity index (χ2v) is 1.96. The Hall–Kier alpha value is -1.58. The molecule has 0 atom stereocenters. The number of nitrogens with two attached hydrogens (primary N) is 1. The quantitative estimate of drug-likeness (QED) is 0.513. The molecule has 0 aliphatic carbocycles. The first-order chi connectivity index (χ1) is 5.33. The van der Waals surface area contributed by atoms with E-state index in [2.05, 4.69) is 21.7 Å². The molecule has 1 rings (SSSR count). The molecule has 11 heavy (non-hydrogen) atoms. The summed E-state index contributed by atoms with van der Waals surface area (Å²) in [5.74, 6) is 0.482. The van der Waals surface area contributed by atoms with Crippen LogP contribution in [0, 0.1) is 0 Å². The summed E-state index contributed by atoms with van der Waals surface area (Å²) < 4.78 is 0. The molecule has 0 aliphatic rings. The molecule has 0 aliphatic heterocycles. The SMILES string of the molecule is C=NOCc1cccc(N)n1. The molecule has 1 aromatic rings. The predicted molar refractivity (Wildman–Crippen MR) is 43.0 cm³/mol. The van der Waals surface area contributed by atoms with Crippen LogP contribution in [-0.4, -0.2) is 11.7 Å². The highest BCUT2D eigenvalue weighted by molar-refractivity contribution is 5.28. The molecule has 1 aromatic heterocycles. The van der Waals surface area contributed by atoms with E-state index in [1.807, 2.05) is 12.1 Å². The van der Waals surface area contributed by atoms with E-state index in [0.717, 1.165) is 5.69 Å². The first-order valence-corrected chi connectivity index (χ1v) is 3.12. The molecule has 0 bridgehead atoms. The molecule has 0 aromatic carbocycles. The highest BCUT2D eigenvalue weighted by Gasteiger charge is 1.93. The van der Waals surface area contributed by atoms with Gasteiger partial charge in [0.1, 0.15) is 5.82 Å². The Kier molecular flexibility index (Phi) is 2.43. The summed E-state index contributed by atoms with van der Waals surface area (Å²) in [4.78, 5) is 8.65. The van der Waals surface area contributed by atoms with Gasteiger partial charge in [0, 0.05) is 6.72 Å². The molecule has 0 amide bonds. The van der Waals surface area contributed by atoms with Crippen molar-refractivity contribution >= 4 is 12.5 Å². The number of aromatic nitrogens is 1. The molecular formula is C7H9N3O. The standard InChI is InChI=1S/C7H9N3O/c1-9-11-5-6-3-2-4-7(8)10-6/h2-4H,1,5H2,(H2,8,10). The van der Waals surface area contributed by atoms with Crippen molar-refractivity contribution in [2.75, 3.05) is 5.73 Å². The van der Waals surface area contributed by atoms with Gasteiger partial charge in [-0.2, -0.15) is 0 Å². The minimum absolute atomic E-state index is 0.314. The number of nitrogens with zero attached hydrogens (tertiary/aromatic N) is 2. The van der Waals surface area contributed by atoms with Crippen LogP contribution in [0.3, 0.4) is 0 Å². The third-order valence-corrected chi connectivity index (χ3v) is 1.13. The van der Waals surface area contributed by atoms with Crippen molar-refractivity contribution < 1.29 is 4.84 Å². The van der Waals surface area contributed by atoms with Gasteiger partial charge in [-0.1, -0.05) is 6.07 Å². The summed E-state index contributed by atoms with van der Waals surface area (Å²) in [7, 11) is 0. The van der Waals surface area contributed by atoms with Gasteiger partial charge in [0.2, 0.25) is 0 Å². The highest BCUT2D eigenvalue weighted by atomic mass is 16.6. The van der Waals surface area contributed by atoms with Crippen LogP contribution in [-0.2, 0) is 11.4 Å². The van der Waals surface area contributed by atoms with Crippen molar-refractivity contribution in [3.8, 4) is 0 Å². The fraction of sp³-hybridized carbons (Fsp3) is 0.143. The Morgan fingerprint density at radius 3 is 3.09 bits per heavy atom. The molecular weight excluding hydrogens is 142 g/mol. The number of oxime groups is 1. The molecule has 0 fully saturated rings. The van der Waals surface area contributed by atoms with Crippen LogP contribution >= 0.6 is 0 Å².